The second-order valence-corrected chi connectivity index (χ2v) is 5.47. The van der Waals surface area contributed by atoms with Crippen molar-refractivity contribution in [3.63, 3.8) is 0 Å². The van der Waals surface area contributed by atoms with Crippen LogP contribution in [-0.4, -0.2) is 24.4 Å². The van der Waals surface area contributed by atoms with Crippen molar-refractivity contribution in [3.8, 4) is 5.75 Å². The summed E-state index contributed by atoms with van der Waals surface area (Å²) in [7, 11) is 1.63. The largest absolute Gasteiger partial charge is 0.497 e. The third kappa shape index (κ3) is 5.54. The molecular weight excluding hydrogens is 294 g/mol. The Bertz CT molecular complexity index is 382. The van der Waals surface area contributed by atoms with Gasteiger partial charge < -0.3 is 10.1 Å². The second kappa shape index (κ2) is 8.14. The van der Waals surface area contributed by atoms with Gasteiger partial charge in [-0.25, -0.2) is 0 Å². The second-order valence-electron chi connectivity index (χ2n) is 4.17. The highest BCUT2D eigenvalue weighted by Gasteiger charge is 2.05. The molecule has 1 unspecified atom stereocenters. The van der Waals surface area contributed by atoms with E-state index in [1.54, 1.807) is 7.11 Å². The molecule has 0 heterocycles. The highest BCUT2D eigenvalue weighted by Crippen LogP contribution is 2.13. The van der Waals surface area contributed by atoms with E-state index in [1.165, 1.54) is 0 Å². The van der Waals surface area contributed by atoms with Crippen LogP contribution in [0.5, 0.6) is 5.75 Å². The monoisotopic (exact) mass is 313 g/mol. The molecule has 0 fully saturated rings. The van der Waals surface area contributed by atoms with Gasteiger partial charge in [0.25, 0.3) is 0 Å². The molecule has 0 saturated carbocycles. The van der Waals surface area contributed by atoms with Crippen molar-refractivity contribution in [2.24, 2.45) is 0 Å². The molecule has 1 N–H and O–H groups in total. The molecule has 100 valence electrons. The maximum Gasteiger partial charge on any atom is 0.224 e. The summed E-state index contributed by atoms with van der Waals surface area (Å²) in [6.07, 6.45) is 2.43. The number of halogens is 1. The van der Waals surface area contributed by atoms with E-state index in [0.717, 1.165) is 24.2 Å². The first kappa shape index (κ1) is 15.0. The van der Waals surface area contributed by atoms with E-state index in [0.29, 0.717) is 17.8 Å². The Kier molecular flexibility index (Phi) is 6.80. The smallest absolute Gasteiger partial charge is 0.224 e. The number of hydrogen-bond donors (Lipinski definition) is 1. The van der Waals surface area contributed by atoms with Gasteiger partial charge in [-0.05, 0) is 30.5 Å². The maximum atomic E-state index is 11.7. The molecule has 3 nitrogen and oxygen atoms in total. The average Bonchev–Trinajstić information content (AvgIpc) is 2.38. The van der Waals surface area contributed by atoms with Crippen LogP contribution in [0.4, 0.5) is 0 Å². The summed E-state index contributed by atoms with van der Waals surface area (Å²) in [5.74, 6) is 0.839. The minimum atomic E-state index is 0.0547. The van der Waals surface area contributed by atoms with Gasteiger partial charge in [0.2, 0.25) is 5.91 Å². The van der Waals surface area contributed by atoms with E-state index in [2.05, 4.69) is 28.2 Å². The minimum absolute atomic E-state index is 0.0547. The molecule has 0 aliphatic heterocycles. The molecule has 0 aromatic heterocycles. The van der Waals surface area contributed by atoms with E-state index < -0.39 is 0 Å². The number of ether oxygens (including phenoxy) is 1. The van der Waals surface area contributed by atoms with E-state index in [4.69, 9.17) is 4.74 Å². The van der Waals surface area contributed by atoms with Crippen LogP contribution in [0.15, 0.2) is 24.3 Å². The third-order valence-electron chi connectivity index (χ3n) is 2.72. The van der Waals surface area contributed by atoms with Gasteiger partial charge in [-0.3, -0.25) is 4.79 Å². The van der Waals surface area contributed by atoms with Gasteiger partial charge in [-0.2, -0.15) is 0 Å². The molecule has 1 atom stereocenters. The standard InChI is InChI=1S/C14H20BrNO2/c1-3-12(15)7-8-16-14(17)10-11-5-4-6-13(9-11)18-2/h4-6,9,12H,3,7-8,10H2,1-2H3,(H,16,17). The molecule has 0 aliphatic carbocycles. The number of alkyl halides is 1. The van der Waals surface area contributed by atoms with Gasteiger partial charge in [-0.1, -0.05) is 35.0 Å². The molecule has 1 aromatic carbocycles. The predicted molar refractivity (Wildman–Crippen MR) is 77.3 cm³/mol. The van der Waals surface area contributed by atoms with Crippen LogP contribution in [0.1, 0.15) is 25.3 Å². The van der Waals surface area contributed by atoms with Crippen LogP contribution >= 0.6 is 15.9 Å². The maximum absolute atomic E-state index is 11.7. The summed E-state index contributed by atoms with van der Waals surface area (Å²) in [5.41, 5.74) is 0.970. The number of hydrogen-bond acceptors (Lipinski definition) is 2. The van der Waals surface area contributed by atoms with Gasteiger partial charge in [-0.15, -0.1) is 0 Å². The molecular formula is C14H20BrNO2. The molecule has 0 saturated heterocycles. The van der Waals surface area contributed by atoms with Gasteiger partial charge in [0.1, 0.15) is 5.75 Å². The molecule has 1 aromatic rings. The lowest BCUT2D eigenvalue weighted by atomic mass is 10.1. The van der Waals surface area contributed by atoms with Gasteiger partial charge in [0.15, 0.2) is 0 Å². The number of carbonyl (C=O) groups excluding carboxylic acids is 1. The fourth-order valence-electron chi connectivity index (χ4n) is 1.60. The zero-order chi connectivity index (χ0) is 13.4. The number of methoxy groups -OCH3 is 1. The number of nitrogens with one attached hydrogen (secondary N) is 1. The van der Waals surface area contributed by atoms with Crippen LogP contribution in [0.2, 0.25) is 0 Å². The van der Waals surface area contributed by atoms with Crippen LogP contribution in [0.3, 0.4) is 0 Å². The van der Waals surface area contributed by atoms with Gasteiger partial charge in [0, 0.05) is 11.4 Å². The van der Waals surface area contributed by atoms with Crippen LogP contribution < -0.4 is 10.1 Å². The number of amides is 1. The quantitative estimate of drug-likeness (QED) is 0.786. The summed E-state index contributed by atoms with van der Waals surface area (Å²) in [6.45, 7) is 2.84. The summed E-state index contributed by atoms with van der Waals surface area (Å²) in [4.78, 5) is 12.2. The Hall–Kier alpha value is -1.03. The summed E-state index contributed by atoms with van der Waals surface area (Å²) in [6, 6.07) is 7.59. The molecule has 0 bridgehead atoms. The molecule has 0 aliphatic rings. The fourth-order valence-corrected chi connectivity index (χ4v) is 1.83. The van der Waals surface area contributed by atoms with Crippen molar-refractivity contribution in [3.05, 3.63) is 29.8 Å². The number of benzene rings is 1. The minimum Gasteiger partial charge on any atom is -0.497 e. The number of rotatable bonds is 7. The Morgan fingerprint density at radius 2 is 2.28 bits per heavy atom. The van der Waals surface area contributed by atoms with Crippen molar-refractivity contribution >= 4 is 21.8 Å². The van der Waals surface area contributed by atoms with Crippen molar-refractivity contribution in [1.82, 2.24) is 5.32 Å². The lowest BCUT2D eigenvalue weighted by molar-refractivity contribution is -0.120. The predicted octanol–water partition coefficient (Wildman–Crippen LogP) is 2.92. The van der Waals surface area contributed by atoms with Crippen LogP contribution in [-0.2, 0) is 11.2 Å². The van der Waals surface area contributed by atoms with E-state index in [-0.39, 0.29) is 5.91 Å². The highest BCUT2D eigenvalue weighted by atomic mass is 79.9. The Balaban J connectivity index is 2.35. The average molecular weight is 314 g/mol. The molecule has 0 radical (unpaired) electrons. The summed E-state index contributed by atoms with van der Waals surface area (Å²) < 4.78 is 5.13. The fraction of sp³-hybridized carbons (Fsp3) is 0.500. The molecule has 4 heteroatoms. The molecule has 1 amide bonds. The lowest BCUT2D eigenvalue weighted by Gasteiger charge is -2.08. The van der Waals surface area contributed by atoms with Gasteiger partial charge >= 0.3 is 0 Å². The van der Waals surface area contributed by atoms with E-state index in [9.17, 15) is 4.79 Å². The normalized spacial score (nSPS) is 11.9. The lowest BCUT2D eigenvalue weighted by Crippen LogP contribution is -2.27. The Morgan fingerprint density at radius 1 is 1.50 bits per heavy atom. The highest BCUT2D eigenvalue weighted by molar-refractivity contribution is 9.09. The Morgan fingerprint density at radius 3 is 2.94 bits per heavy atom. The summed E-state index contributed by atoms with van der Waals surface area (Å²) >= 11 is 3.54. The first-order valence-corrected chi connectivity index (χ1v) is 7.11. The first-order chi connectivity index (χ1) is 8.65. The molecule has 18 heavy (non-hydrogen) atoms. The van der Waals surface area contributed by atoms with Crippen LogP contribution in [0.25, 0.3) is 0 Å². The zero-order valence-corrected chi connectivity index (χ0v) is 12.5. The zero-order valence-electron chi connectivity index (χ0n) is 10.9. The Labute approximate surface area is 117 Å². The number of carbonyl (C=O) groups is 1. The topological polar surface area (TPSA) is 38.3 Å². The first-order valence-electron chi connectivity index (χ1n) is 6.19. The van der Waals surface area contributed by atoms with Crippen molar-refractivity contribution in [2.75, 3.05) is 13.7 Å². The molecule has 0 spiro atoms. The van der Waals surface area contributed by atoms with E-state index >= 15 is 0 Å². The third-order valence-corrected chi connectivity index (χ3v) is 3.83. The SMILES string of the molecule is CCC(Br)CCNC(=O)Cc1cccc(OC)c1. The van der Waals surface area contributed by atoms with Gasteiger partial charge in [0.05, 0.1) is 13.5 Å². The van der Waals surface area contributed by atoms with Crippen molar-refractivity contribution < 1.29 is 9.53 Å². The van der Waals surface area contributed by atoms with Crippen molar-refractivity contribution in [2.45, 2.75) is 31.0 Å². The molecule has 1 rings (SSSR count). The summed E-state index contributed by atoms with van der Waals surface area (Å²) in [5, 5.41) is 2.92. The van der Waals surface area contributed by atoms with Crippen LogP contribution in [0, 0.1) is 0 Å². The van der Waals surface area contributed by atoms with E-state index in [1.807, 2.05) is 24.3 Å². The van der Waals surface area contributed by atoms with Crippen molar-refractivity contribution in [1.29, 1.82) is 0 Å².